The Kier molecular flexibility index (Phi) is 6.97. The van der Waals surface area contributed by atoms with Crippen LogP contribution in [0.2, 0.25) is 0 Å². The van der Waals surface area contributed by atoms with Crippen molar-refractivity contribution in [2.75, 3.05) is 25.4 Å². The van der Waals surface area contributed by atoms with Crippen molar-refractivity contribution in [1.82, 2.24) is 10.2 Å². The number of hydrogen-bond acceptors (Lipinski definition) is 5. The molecule has 0 aliphatic heterocycles. The van der Waals surface area contributed by atoms with E-state index < -0.39 is 10.0 Å². The lowest BCUT2D eigenvalue weighted by Gasteiger charge is -2.43. The third-order valence-corrected chi connectivity index (χ3v) is 8.46. The maximum Gasteiger partial charge on any atom is 0.271 e. The average molecular weight is 436 g/mol. The van der Waals surface area contributed by atoms with Crippen LogP contribution in [0.1, 0.15) is 37.7 Å². The minimum Gasteiger partial charge on any atom is -0.354 e. The third kappa shape index (κ3) is 5.58. The molecule has 1 aromatic carbocycles. The zero-order valence-corrected chi connectivity index (χ0v) is 18.6. The number of rotatable bonds is 8. The molecule has 1 aliphatic carbocycles. The summed E-state index contributed by atoms with van der Waals surface area (Å²) < 4.78 is 27.4. The largest absolute Gasteiger partial charge is 0.354 e. The molecule has 1 saturated carbocycles. The number of nitrogens with one attached hydrogen (secondary N) is 2. The summed E-state index contributed by atoms with van der Waals surface area (Å²) >= 11 is 1.17. The lowest BCUT2D eigenvalue weighted by Crippen LogP contribution is -2.54. The predicted octanol–water partition coefficient (Wildman–Crippen LogP) is 3.47. The molecule has 0 saturated heterocycles. The van der Waals surface area contributed by atoms with Crippen molar-refractivity contribution >= 4 is 33.0 Å². The second-order valence-corrected chi connectivity index (χ2v) is 10.7. The fourth-order valence-corrected chi connectivity index (χ4v) is 5.87. The van der Waals surface area contributed by atoms with Crippen molar-refractivity contribution in [3.05, 3.63) is 47.3 Å². The van der Waals surface area contributed by atoms with Gasteiger partial charge in [0.25, 0.3) is 10.0 Å². The first-order valence-corrected chi connectivity index (χ1v) is 12.3. The van der Waals surface area contributed by atoms with Gasteiger partial charge in [0.1, 0.15) is 4.21 Å². The minimum atomic E-state index is -3.56. The van der Waals surface area contributed by atoms with E-state index in [1.165, 1.54) is 30.6 Å². The van der Waals surface area contributed by atoms with Crippen LogP contribution in [0.15, 0.2) is 46.0 Å². The van der Waals surface area contributed by atoms with Gasteiger partial charge in [-0.05, 0) is 56.1 Å². The van der Waals surface area contributed by atoms with Crippen molar-refractivity contribution in [3.63, 3.8) is 0 Å². The summed E-state index contributed by atoms with van der Waals surface area (Å²) in [4.78, 5) is 14.7. The fourth-order valence-electron chi connectivity index (χ4n) is 3.82. The molecule has 8 heteroatoms. The molecule has 0 atom stereocenters. The SMILES string of the molecule is CN(C)C1(CNC(=O)Cc2ccc(NS(=O)(=O)c3cccs3)cc2)CCCCC1. The molecule has 3 rings (SSSR count). The number of thiophene rings is 1. The molecular formula is C21H29N3O3S2. The summed E-state index contributed by atoms with van der Waals surface area (Å²) in [7, 11) is 0.624. The minimum absolute atomic E-state index is 0.0104. The van der Waals surface area contributed by atoms with Gasteiger partial charge >= 0.3 is 0 Å². The Morgan fingerprint density at radius 2 is 1.79 bits per heavy atom. The summed E-state index contributed by atoms with van der Waals surface area (Å²) in [6, 6.07) is 10.2. The fraction of sp³-hybridized carbons (Fsp3) is 0.476. The van der Waals surface area contributed by atoms with E-state index in [9.17, 15) is 13.2 Å². The Balaban J connectivity index is 1.54. The Hall–Kier alpha value is -1.90. The molecule has 2 N–H and O–H groups in total. The Bertz CT molecular complexity index is 901. The van der Waals surface area contributed by atoms with Gasteiger partial charge < -0.3 is 10.2 Å². The summed E-state index contributed by atoms with van der Waals surface area (Å²) in [6.45, 7) is 0.664. The van der Waals surface area contributed by atoms with Crippen molar-refractivity contribution in [2.24, 2.45) is 0 Å². The van der Waals surface area contributed by atoms with Gasteiger partial charge in [-0.3, -0.25) is 9.52 Å². The van der Waals surface area contributed by atoms with Crippen molar-refractivity contribution in [3.8, 4) is 0 Å². The van der Waals surface area contributed by atoms with E-state index in [4.69, 9.17) is 0 Å². The number of carbonyl (C=O) groups is 1. The smallest absolute Gasteiger partial charge is 0.271 e. The highest BCUT2D eigenvalue weighted by Gasteiger charge is 2.34. The lowest BCUT2D eigenvalue weighted by molar-refractivity contribution is -0.121. The number of hydrogen-bond donors (Lipinski definition) is 2. The number of amides is 1. The summed E-state index contributed by atoms with van der Waals surface area (Å²) in [5.41, 5.74) is 1.39. The predicted molar refractivity (Wildman–Crippen MR) is 118 cm³/mol. The van der Waals surface area contributed by atoms with E-state index in [0.29, 0.717) is 12.2 Å². The molecule has 2 aromatic rings. The molecule has 1 amide bonds. The Morgan fingerprint density at radius 3 is 2.38 bits per heavy atom. The van der Waals surface area contributed by atoms with Gasteiger partial charge in [-0.15, -0.1) is 11.3 Å². The van der Waals surface area contributed by atoms with Crippen LogP contribution in [0.25, 0.3) is 0 Å². The molecule has 1 fully saturated rings. The maximum atomic E-state index is 12.4. The molecule has 0 spiro atoms. The Labute approximate surface area is 177 Å². The number of sulfonamides is 1. The van der Waals surface area contributed by atoms with Crippen LogP contribution >= 0.6 is 11.3 Å². The standard InChI is InChI=1S/C21H29N3O3S2/c1-24(2)21(12-4-3-5-13-21)16-22-19(25)15-17-8-10-18(11-9-17)23-29(26,27)20-7-6-14-28-20/h6-11,14,23H,3-5,12-13,15-16H2,1-2H3,(H,22,25). The number of likely N-dealkylation sites (N-methyl/N-ethyl adjacent to an activating group) is 1. The van der Waals surface area contributed by atoms with E-state index in [2.05, 4.69) is 29.0 Å². The zero-order valence-electron chi connectivity index (χ0n) is 17.0. The molecule has 158 valence electrons. The molecule has 1 aromatic heterocycles. The van der Waals surface area contributed by atoms with Gasteiger partial charge in [-0.25, -0.2) is 8.42 Å². The molecule has 0 bridgehead atoms. The van der Waals surface area contributed by atoms with E-state index in [1.54, 1.807) is 41.8 Å². The van der Waals surface area contributed by atoms with Crippen molar-refractivity contribution in [1.29, 1.82) is 0 Å². The quantitative estimate of drug-likeness (QED) is 0.665. The molecule has 1 aliphatic rings. The van der Waals surface area contributed by atoms with Gasteiger partial charge in [-0.1, -0.05) is 37.5 Å². The summed E-state index contributed by atoms with van der Waals surface area (Å²) in [5.74, 6) is -0.0104. The van der Waals surface area contributed by atoms with Crippen LogP contribution in [0, 0.1) is 0 Å². The molecule has 6 nitrogen and oxygen atoms in total. The second-order valence-electron chi connectivity index (χ2n) is 7.87. The first kappa shape index (κ1) is 21.8. The van der Waals surface area contributed by atoms with Crippen molar-refractivity contribution < 1.29 is 13.2 Å². The van der Waals surface area contributed by atoms with Crippen LogP contribution < -0.4 is 10.0 Å². The topological polar surface area (TPSA) is 78.5 Å². The number of anilines is 1. The summed E-state index contributed by atoms with van der Waals surface area (Å²) in [5, 5.41) is 4.83. The molecule has 0 radical (unpaired) electrons. The monoisotopic (exact) mass is 435 g/mol. The van der Waals surface area contributed by atoms with Gasteiger partial charge in [-0.2, -0.15) is 0 Å². The Morgan fingerprint density at radius 1 is 1.10 bits per heavy atom. The maximum absolute atomic E-state index is 12.4. The normalized spacial score (nSPS) is 16.5. The lowest BCUT2D eigenvalue weighted by atomic mass is 9.80. The van der Waals surface area contributed by atoms with E-state index >= 15 is 0 Å². The van der Waals surface area contributed by atoms with Gasteiger partial charge in [0, 0.05) is 17.8 Å². The second kappa shape index (κ2) is 9.28. The zero-order chi connectivity index (χ0) is 20.9. The van der Waals surface area contributed by atoms with Gasteiger partial charge in [0.2, 0.25) is 5.91 Å². The van der Waals surface area contributed by atoms with Crippen LogP contribution in [0.5, 0.6) is 0 Å². The van der Waals surface area contributed by atoms with Crippen LogP contribution in [-0.2, 0) is 21.2 Å². The first-order valence-electron chi connectivity index (χ1n) is 9.90. The molecule has 0 unspecified atom stereocenters. The molecule has 1 heterocycles. The highest BCUT2D eigenvalue weighted by atomic mass is 32.2. The molecule has 29 heavy (non-hydrogen) atoms. The number of nitrogens with zero attached hydrogens (tertiary/aromatic N) is 1. The van der Waals surface area contributed by atoms with E-state index in [0.717, 1.165) is 18.4 Å². The van der Waals surface area contributed by atoms with Crippen LogP contribution in [0.4, 0.5) is 5.69 Å². The van der Waals surface area contributed by atoms with E-state index in [-0.39, 0.29) is 22.1 Å². The van der Waals surface area contributed by atoms with E-state index in [1.807, 2.05) is 0 Å². The highest BCUT2D eigenvalue weighted by Crippen LogP contribution is 2.31. The van der Waals surface area contributed by atoms with Crippen molar-refractivity contribution in [2.45, 2.75) is 48.3 Å². The van der Waals surface area contributed by atoms with Crippen LogP contribution in [0.3, 0.4) is 0 Å². The first-order chi connectivity index (χ1) is 13.8. The number of carbonyl (C=O) groups excluding carboxylic acids is 1. The highest BCUT2D eigenvalue weighted by molar-refractivity contribution is 7.94. The molecular weight excluding hydrogens is 406 g/mol. The average Bonchev–Trinajstić information content (AvgIpc) is 3.24. The van der Waals surface area contributed by atoms with Gasteiger partial charge in [0.15, 0.2) is 0 Å². The third-order valence-electron chi connectivity index (χ3n) is 5.68. The summed E-state index contributed by atoms with van der Waals surface area (Å²) in [6.07, 6.45) is 6.18. The number of benzene rings is 1. The van der Waals surface area contributed by atoms with Gasteiger partial charge in [0.05, 0.1) is 6.42 Å². The van der Waals surface area contributed by atoms with Crippen LogP contribution in [-0.4, -0.2) is 45.4 Å².